The zero-order chi connectivity index (χ0) is 16.3. The van der Waals surface area contributed by atoms with Gasteiger partial charge in [-0.1, -0.05) is 0 Å². The van der Waals surface area contributed by atoms with Gasteiger partial charge in [0.2, 0.25) is 0 Å². The highest BCUT2D eigenvalue weighted by Crippen LogP contribution is 2.24. The first-order chi connectivity index (χ1) is 10.3. The topological polar surface area (TPSA) is 53.0 Å². The number of aromatic carboxylic acids is 1. The maximum Gasteiger partial charge on any atom is 0.345 e. The summed E-state index contributed by atoms with van der Waals surface area (Å²) in [6.45, 7) is 12.1. The molecule has 2 heterocycles. The third-order valence-corrected chi connectivity index (χ3v) is 5.43. The molecule has 0 aliphatic carbocycles. The Bertz CT molecular complexity index is 519. The Labute approximate surface area is 136 Å². The highest BCUT2D eigenvalue weighted by molar-refractivity contribution is 7.14. The molecule has 0 spiro atoms. The quantitative estimate of drug-likeness (QED) is 0.869. The summed E-state index contributed by atoms with van der Waals surface area (Å²) in [6, 6.07) is 1.82. The van der Waals surface area contributed by atoms with E-state index in [9.17, 15) is 4.79 Å². The number of piperazine rings is 1. The van der Waals surface area contributed by atoms with Gasteiger partial charge in [0.1, 0.15) is 4.88 Å². The molecular weight excluding hydrogens is 300 g/mol. The molecule has 1 aromatic heterocycles. The van der Waals surface area contributed by atoms with E-state index in [0.717, 1.165) is 49.8 Å². The van der Waals surface area contributed by atoms with Crippen molar-refractivity contribution in [1.82, 2.24) is 9.80 Å². The van der Waals surface area contributed by atoms with E-state index in [0.29, 0.717) is 4.88 Å². The van der Waals surface area contributed by atoms with Crippen LogP contribution in [0.5, 0.6) is 0 Å². The smallest absolute Gasteiger partial charge is 0.345 e. The van der Waals surface area contributed by atoms with Gasteiger partial charge in [-0.3, -0.25) is 9.80 Å². The molecule has 0 saturated carbocycles. The summed E-state index contributed by atoms with van der Waals surface area (Å²) < 4.78 is 5.31. The number of nitrogens with zero attached hydrogens (tertiary/aromatic N) is 2. The molecule has 0 radical (unpaired) electrons. The van der Waals surface area contributed by atoms with Gasteiger partial charge in [-0.2, -0.15) is 0 Å². The highest BCUT2D eigenvalue weighted by Gasteiger charge is 2.30. The van der Waals surface area contributed by atoms with Crippen LogP contribution in [0.15, 0.2) is 6.07 Å². The Morgan fingerprint density at radius 3 is 2.50 bits per heavy atom. The maximum absolute atomic E-state index is 11.1. The van der Waals surface area contributed by atoms with Crippen molar-refractivity contribution in [2.24, 2.45) is 0 Å². The van der Waals surface area contributed by atoms with Crippen LogP contribution in [-0.4, -0.2) is 66.3 Å². The Morgan fingerprint density at radius 1 is 1.36 bits per heavy atom. The van der Waals surface area contributed by atoms with Crippen molar-refractivity contribution in [1.29, 1.82) is 0 Å². The zero-order valence-electron chi connectivity index (χ0n) is 13.9. The fourth-order valence-corrected chi connectivity index (χ4v) is 3.85. The zero-order valence-corrected chi connectivity index (χ0v) is 14.7. The van der Waals surface area contributed by atoms with Crippen LogP contribution in [-0.2, 0) is 11.3 Å². The first kappa shape index (κ1) is 17.4. The van der Waals surface area contributed by atoms with E-state index in [1.54, 1.807) is 7.11 Å². The predicted octanol–water partition coefficient (Wildman–Crippen LogP) is 2.30. The Hall–Kier alpha value is -0.950. The fraction of sp³-hybridized carbons (Fsp3) is 0.688. The number of carboxylic acids is 1. The summed E-state index contributed by atoms with van der Waals surface area (Å²) in [7, 11) is 1.75. The lowest BCUT2D eigenvalue weighted by Gasteiger charge is -2.43. The molecule has 0 amide bonds. The average molecular weight is 326 g/mol. The normalized spacial score (nSPS) is 17.8. The van der Waals surface area contributed by atoms with Crippen LogP contribution in [0.2, 0.25) is 0 Å². The lowest BCUT2D eigenvalue weighted by Crippen LogP contribution is -2.56. The van der Waals surface area contributed by atoms with Crippen LogP contribution in [0.3, 0.4) is 0 Å². The Kier molecular flexibility index (Phi) is 5.60. The summed E-state index contributed by atoms with van der Waals surface area (Å²) in [6.07, 6.45) is 0. The van der Waals surface area contributed by atoms with E-state index in [1.165, 1.54) is 11.3 Å². The molecule has 6 heteroatoms. The summed E-state index contributed by atoms with van der Waals surface area (Å²) in [5.74, 6) is -0.828. The van der Waals surface area contributed by atoms with Gasteiger partial charge < -0.3 is 9.84 Å². The molecule has 1 aromatic rings. The molecule has 22 heavy (non-hydrogen) atoms. The number of methoxy groups -OCH3 is 1. The van der Waals surface area contributed by atoms with Gasteiger partial charge in [0, 0.05) is 50.2 Å². The molecule has 1 aliphatic heterocycles. The SMILES string of the molecule is COCC(C)(C)N1CCN(Cc2cc(C(=O)O)sc2C)CC1. The van der Waals surface area contributed by atoms with Crippen molar-refractivity contribution in [3.63, 3.8) is 0 Å². The standard InChI is InChI=1S/C16H26N2O3S/c1-12-13(9-14(22-12)15(19)20)10-17-5-7-18(8-6-17)16(2,3)11-21-4/h9H,5-8,10-11H2,1-4H3,(H,19,20). The Balaban J connectivity index is 1.91. The van der Waals surface area contributed by atoms with E-state index in [-0.39, 0.29) is 5.54 Å². The van der Waals surface area contributed by atoms with Gasteiger partial charge >= 0.3 is 5.97 Å². The van der Waals surface area contributed by atoms with Crippen LogP contribution in [0.25, 0.3) is 0 Å². The lowest BCUT2D eigenvalue weighted by molar-refractivity contribution is 0.000739. The van der Waals surface area contributed by atoms with Crippen molar-refractivity contribution < 1.29 is 14.6 Å². The Morgan fingerprint density at radius 2 is 2.00 bits per heavy atom. The van der Waals surface area contributed by atoms with Crippen molar-refractivity contribution in [2.75, 3.05) is 39.9 Å². The molecular formula is C16H26N2O3S. The van der Waals surface area contributed by atoms with Crippen LogP contribution in [0, 0.1) is 6.92 Å². The largest absolute Gasteiger partial charge is 0.477 e. The minimum absolute atomic E-state index is 0.0651. The first-order valence-corrected chi connectivity index (χ1v) is 8.44. The van der Waals surface area contributed by atoms with Gasteiger partial charge in [-0.25, -0.2) is 4.79 Å². The number of ether oxygens (including phenoxy) is 1. The first-order valence-electron chi connectivity index (χ1n) is 7.62. The third kappa shape index (κ3) is 4.07. The van der Waals surface area contributed by atoms with Crippen LogP contribution in [0.4, 0.5) is 0 Å². The monoisotopic (exact) mass is 326 g/mol. The average Bonchev–Trinajstić information content (AvgIpc) is 2.81. The van der Waals surface area contributed by atoms with Gasteiger partial charge in [0.15, 0.2) is 0 Å². The van der Waals surface area contributed by atoms with E-state index in [4.69, 9.17) is 9.84 Å². The second kappa shape index (κ2) is 7.08. The number of hydrogen-bond donors (Lipinski definition) is 1. The molecule has 0 unspecified atom stereocenters. The molecule has 2 rings (SSSR count). The third-order valence-electron chi connectivity index (χ3n) is 4.35. The second-order valence-electron chi connectivity index (χ2n) is 6.51. The molecule has 0 bridgehead atoms. The van der Waals surface area contributed by atoms with Gasteiger partial charge in [0.05, 0.1) is 6.61 Å². The highest BCUT2D eigenvalue weighted by atomic mass is 32.1. The minimum atomic E-state index is -0.828. The molecule has 1 N–H and O–H groups in total. The summed E-state index contributed by atoms with van der Waals surface area (Å²) in [4.78, 5) is 17.5. The number of carboxylic acid groups (broad SMARTS) is 1. The fourth-order valence-electron chi connectivity index (χ4n) is 2.98. The van der Waals surface area contributed by atoms with Crippen molar-refractivity contribution >= 4 is 17.3 Å². The van der Waals surface area contributed by atoms with Crippen LogP contribution in [0.1, 0.15) is 34.0 Å². The van der Waals surface area contributed by atoms with Gasteiger partial charge in [0.25, 0.3) is 0 Å². The summed E-state index contributed by atoms with van der Waals surface area (Å²) in [5.41, 5.74) is 1.21. The van der Waals surface area contributed by atoms with Crippen molar-refractivity contribution in [3.8, 4) is 0 Å². The van der Waals surface area contributed by atoms with E-state index >= 15 is 0 Å². The van der Waals surface area contributed by atoms with Crippen LogP contribution >= 0.6 is 11.3 Å². The van der Waals surface area contributed by atoms with E-state index < -0.39 is 5.97 Å². The van der Waals surface area contributed by atoms with Crippen molar-refractivity contribution in [2.45, 2.75) is 32.9 Å². The molecule has 1 saturated heterocycles. The molecule has 0 atom stereocenters. The number of thiophene rings is 1. The van der Waals surface area contributed by atoms with Crippen LogP contribution < -0.4 is 0 Å². The predicted molar refractivity (Wildman–Crippen MR) is 88.8 cm³/mol. The maximum atomic E-state index is 11.1. The molecule has 1 fully saturated rings. The molecule has 1 aliphatic rings. The number of carbonyl (C=O) groups is 1. The van der Waals surface area contributed by atoms with Crippen molar-refractivity contribution in [3.05, 3.63) is 21.4 Å². The number of hydrogen-bond acceptors (Lipinski definition) is 5. The molecule has 0 aromatic carbocycles. The van der Waals surface area contributed by atoms with Gasteiger partial charge in [-0.05, 0) is 32.4 Å². The van der Waals surface area contributed by atoms with Gasteiger partial charge in [-0.15, -0.1) is 11.3 Å². The second-order valence-corrected chi connectivity index (χ2v) is 7.76. The summed E-state index contributed by atoms with van der Waals surface area (Å²) in [5, 5.41) is 9.08. The number of rotatable bonds is 6. The summed E-state index contributed by atoms with van der Waals surface area (Å²) >= 11 is 1.37. The van der Waals surface area contributed by atoms with E-state index in [1.807, 2.05) is 13.0 Å². The molecule has 124 valence electrons. The number of aryl methyl sites for hydroxylation is 1. The lowest BCUT2D eigenvalue weighted by atomic mass is 10.0. The minimum Gasteiger partial charge on any atom is -0.477 e. The van der Waals surface area contributed by atoms with E-state index in [2.05, 4.69) is 23.6 Å². The molecule has 5 nitrogen and oxygen atoms in total.